The van der Waals surface area contributed by atoms with Crippen molar-refractivity contribution in [3.63, 3.8) is 0 Å². The van der Waals surface area contributed by atoms with Crippen LogP contribution in [0, 0.1) is 10.1 Å². The van der Waals surface area contributed by atoms with Gasteiger partial charge in [0.05, 0.1) is 26.7 Å². The Hall–Kier alpha value is -2.81. The summed E-state index contributed by atoms with van der Waals surface area (Å²) < 4.78 is 39.1. The van der Waals surface area contributed by atoms with Crippen LogP contribution in [0.3, 0.4) is 0 Å². The van der Waals surface area contributed by atoms with Gasteiger partial charge in [-0.15, -0.1) is 0 Å². The van der Waals surface area contributed by atoms with Gasteiger partial charge in [-0.2, -0.15) is 13.2 Å². The Morgan fingerprint density at radius 1 is 1.15 bits per heavy atom. The second kappa shape index (κ2) is 7.07. The maximum atomic E-state index is 13.0. The standard InChI is InChI=1S/C18H13F3N2O3S/c1-22-17-14(10-5-4-6-11(9-10)18(19,20)21)15(24)16(27-17)12-7-2-3-8-13(12)23(25)26/h2-9,16,22H,1H3. The van der Waals surface area contributed by atoms with Crippen LogP contribution in [0.2, 0.25) is 0 Å². The number of thioether (sulfide) groups is 1. The van der Waals surface area contributed by atoms with E-state index in [0.717, 1.165) is 23.9 Å². The number of nitrogens with zero attached hydrogens (tertiary/aromatic N) is 1. The molecule has 1 aliphatic heterocycles. The van der Waals surface area contributed by atoms with Crippen molar-refractivity contribution in [2.75, 3.05) is 7.05 Å². The zero-order chi connectivity index (χ0) is 19.8. The van der Waals surface area contributed by atoms with Gasteiger partial charge in [-0.1, -0.05) is 42.1 Å². The van der Waals surface area contributed by atoms with Crippen molar-refractivity contribution in [1.29, 1.82) is 0 Å². The monoisotopic (exact) mass is 394 g/mol. The number of carbonyl (C=O) groups excluding carboxylic acids is 1. The molecule has 1 aliphatic rings. The lowest BCUT2D eigenvalue weighted by Gasteiger charge is -2.11. The van der Waals surface area contributed by atoms with Crippen LogP contribution in [0.5, 0.6) is 0 Å². The van der Waals surface area contributed by atoms with Crippen LogP contribution < -0.4 is 5.32 Å². The van der Waals surface area contributed by atoms with Crippen LogP contribution in [0.15, 0.2) is 53.6 Å². The van der Waals surface area contributed by atoms with Gasteiger partial charge in [0.15, 0.2) is 5.78 Å². The van der Waals surface area contributed by atoms with Crippen LogP contribution in [-0.4, -0.2) is 17.8 Å². The van der Waals surface area contributed by atoms with Gasteiger partial charge in [0.1, 0.15) is 5.25 Å². The quantitative estimate of drug-likeness (QED) is 0.608. The molecule has 0 radical (unpaired) electrons. The zero-order valence-corrected chi connectivity index (χ0v) is 14.7. The second-order valence-corrected chi connectivity index (χ2v) is 6.83. The number of carbonyl (C=O) groups is 1. The number of allylic oxidation sites excluding steroid dienone is 1. The number of ketones is 1. The third-order valence-corrected chi connectivity index (χ3v) is 5.42. The highest BCUT2D eigenvalue weighted by Gasteiger charge is 2.39. The summed E-state index contributed by atoms with van der Waals surface area (Å²) in [6, 6.07) is 10.3. The van der Waals surface area contributed by atoms with Gasteiger partial charge >= 0.3 is 6.18 Å². The summed E-state index contributed by atoms with van der Waals surface area (Å²) >= 11 is 1.05. The number of hydrogen-bond acceptors (Lipinski definition) is 5. The number of benzene rings is 2. The van der Waals surface area contributed by atoms with E-state index in [1.165, 1.54) is 30.3 Å². The van der Waals surface area contributed by atoms with E-state index in [9.17, 15) is 28.1 Å². The maximum Gasteiger partial charge on any atom is 0.416 e. The highest BCUT2D eigenvalue weighted by atomic mass is 32.2. The van der Waals surface area contributed by atoms with E-state index in [2.05, 4.69) is 5.32 Å². The van der Waals surface area contributed by atoms with Gasteiger partial charge in [0.25, 0.3) is 5.69 Å². The highest BCUT2D eigenvalue weighted by Crippen LogP contribution is 2.49. The molecule has 1 unspecified atom stereocenters. The largest absolute Gasteiger partial charge is 0.416 e. The van der Waals surface area contributed by atoms with Crippen LogP contribution >= 0.6 is 11.8 Å². The maximum absolute atomic E-state index is 13.0. The average molecular weight is 394 g/mol. The van der Waals surface area contributed by atoms with Crippen molar-refractivity contribution in [3.05, 3.63) is 80.4 Å². The minimum atomic E-state index is -4.54. The molecule has 2 aromatic rings. The van der Waals surface area contributed by atoms with Gasteiger partial charge in [-0.05, 0) is 17.7 Å². The van der Waals surface area contributed by atoms with E-state index in [4.69, 9.17) is 0 Å². The topological polar surface area (TPSA) is 72.2 Å². The molecule has 2 aromatic carbocycles. The molecule has 0 saturated carbocycles. The lowest BCUT2D eigenvalue weighted by atomic mass is 9.95. The first-order valence-electron chi connectivity index (χ1n) is 7.78. The Kier molecular flexibility index (Phi) is 4.97. The Morgan fingerprint density at radius 3 is 2.48 bits per heavy atom. The van der Waals surface area contributed by atoms with E-state index >= 15 is 0 Å². The van der Waals surface area contributed by atoms with Crippen molar-refractivity contribution in [3.8, 4) is 0 Å². The molecule has 0 saturated heterocycles. The number of nitrogens with one attached hydrogen (secondary N) is 1. The third-order valence-electron chi connectivity index (χ3n) is 4.07. The van der Waals surface area contributed by atoms with E-state index in [1.807, 2.05) is 0 Å². The number of para-hydroxylation sites is 1. The van der Waals surface area contributed by atoms with Gasteiger partial charge in [0.2, 0.25) is 0 Å². The summed E-state index contributed by atoms with van der Waals surface area (Å²) in [5, 5.41) is 13.6. The van der Waals surface area contributed by atoms with Crippen LogP contribution in [0.25, 0.3) is 5.57 Å². The minimum Gasteiger partial charge on any atom is -0.382 e. The lowest BCUT2D eigenvalue weighted by molar-refractivity contribution is -0.385. The molecule has 140 valence electrons. The predicted octanol–water partition coefficient (Wildman–Crippen LogP) is 4.56. The van der Waals surface area contributed by atoms with Gasteiger partial charge in [-0.25, -0.2) is 0 Å². The molecule has 1 heterocycles. The molecule has 27 heavy (non-hydrogen) atoms. The van der Waals surface area contributed by atoms with Crippen molar-refractivity contribution >= 4 is 28.8 Å². The minimum absolute atomic E-state index is 0.0942. The fourth-order valence-electron chi connectivity index (χ4n) is 2.86. The Balaban J connectivity index is 2.06. The molecular weight excluding hydrogens is 381 g/mol. The number of nitro groups is 1. The van der Waals surface area contributed by atoms with Crippen molar-refractivity contribution in [2.24, 2.45) is 0 Å². The summed E-state index contributed by atoms with van der Waals surface area (Å²) in [6.45, 7) is 0. The number of hydrogen-bond donors (Lipinski definition) is 1. The van der Waals surface area contributed by atoms with E-state index in [0.29, 0.717) is 5.03 Å². The molecular formula is C18H13F3N2O3S. The SMILES string of the molecule is CNC1=C(c2cccc(C(F)(F)F)c2)C(=O)C(c2ccccc2[N+](=O)[O-])S1. The van der Waals surface area contributed by atoms with Crippen LogP contribution in [0.4, 0.5) is 18.9 Å². The van der Waals surface area contributed by atoms with Crippen molar-refractivity contribution < 1.29 is 22.9 Å². The summed E-state index contributed by atoms with van der Waals surface area (Å²) in [4.78, 5) is 23.7. The molecule has 1 N–H and O–H groups in total. The van der Waals surface area contributed by atoms with E-state index in [1.54, 1.807) is 13.1 Å². The first-order valence-corrected chi connectivity index (χ1v) is 8.66. The van der Waals surface area contributed by atoms with Gasteiger partial charge in [-0.3, -0.25) is 14.9 Å². The van der Waals surface area contributed by atoms with E-state index in [-0.39, 0.29) is 22.4 Å². The summed E-state index contributed by atoms with van der Waals surface area (Å²) in [7, 11) is 1.55. The molecule has 1 atom stereocenters. The molecule has 0 amide bonds. The summed E-state index contributed by atoms with van der Waals surface area (Å²) in [5.74, 6) is -0.474. The molecule has 9 heteroatoms. The molecule has 0 spiro atoms. The summed E-state index contributed by atoms with van der Waals surface area (Å²) in [5.41, 5.74) is -0.643. The Labute approximate surface area is 156 Å². The molecule has 0 fully saturated rings. The predicted molar refractivity (Wildman–Crippen MR) is 95.9 cm³/mol. The van der Waals surface area contributed by atoms with Gasteiger partial charge in [0, 0.05) is 13.1 Å². The normalized spacial score (nSPS) is 17.3. The molecule has 0 bridgehead atoms. The fourth-order valence-corrected chi connectivity index (χ4v) is 4.10. The molecule has 0 aliphatic carbocycles. The van der Waals surface area contributed by atoms with Crippen molar-refractivity contribution in [1.82, 2.24) is 5.32 Å². The lowest BCUT2D eigenvalue weighted by Crippen LogP contribution is -2.10. The average Bonchev–Trinajstić information content (AvgIpc) is 2.97. The zero-order valence-electron chi connectivity index (χ0n) is 13.9. The summed E-state index contributed by atoms with van der Waals surface area (Å²) in [6.07, 6.45) is -4.54. The first-order chi connectivity index (χ1) is 12.7. The molecule has 0 aromatic heterocycles. The van der Waals surface area contributed by atoms with Crippen LogP contribution in [0.1, 0.15) is 21.9 Å². The third kappa shape index (κ3) is 3.55. The molecule has 5 nitrogen and oxygen atoms in total. The highest BCUT2D eigenvalue weighted by molar-refractivity contribution is 8.04. The number of halogens is 3. The molecule has 3 rings (SSSR count). The van der Waals surface area contributed by atoms with E-state index < -0.39 is 27.7 Å². The Morgan fingerprint density at radius 2 is 1.85 bits per heavy atom. The number of Topliss-reactive ketones (excluding diaryl/α,β-unsaturated/α-hetero) is 1. The second-order valence-electron chi connectivity index (χ2n) is 5.71. The number of alkyl halides is 3. The van der Waals surface area contributed by atoms with Crippen molar-refractivity contribution in [2.45, 2.75) is 11.4 Å². The fraction of sp³-hybridized carbons (Fsp3) is 0.167. The number of rotatable bonds is 4. The van der Waals surface area contributed by atoms with Gasteiger partial charge < -0.3 is 5.32 Å². The number of nitro benzene ring substituents is 1. The Bertz CT molecular complexity index is 957. The first kappa shape index (κ1) is 19.0. The van der Waals surface area contributed by atoms with Crippen LogP contribution in [-0.2, 0) is 11.0 Å². The smallest absolute Gasteiger partial charge is 0.382 e.